The molecule has 3 N–H and O–H groups in total. The number of amides is 2. The van der Waals surface area contributed by atoms with E-state index in [1.165, 1.54) is 22.3 Å². The summed E-state index contributed by atoms with van der Waals surface area (Å²) < 4.78 is 5.45. The van der Waals surface area contributed by atoms with Crippen LogP contribution in [0, 0.1) is 13.8 Å². The molecule has 0 saturated heterocycles. The molecule has 0 aliphatic heterocycles. The number of nitrogens with one attached hydrogen (secondary N) is 1. The molecule has 0 atom stereocenters. The Morgan fingerprint density at radius 3 is 2.25 bits per heavy atom. The lowest BCUT2D eigenvalue weighted by atomic mass is 9.83. The van der Waals surface area contributed by atoms with Gasteiger partial charge in [0, 0.05) is 6.54 Å². The van der Waals surface area contributed by atoms with Crippen LogP contribution in [0.4, 0.5) is 0 Å². The average Bonchev–Trinajstić information content (AvgIpc) is 2.61. The smallest absolute Gasteiger partial charge is 0.257 e. The van der Waals surface area contributed by atoms with E-state index in [0.717, 1.165) is 6.42 Å². The van der Waals surface area contributed by atoms with Crippen LogP contribution in [-0.2, 0) is 16.6 Å². The van der Waals surface area contributed by atoms with Crippen molar-refractivity contribution in [2.75, 3.05) is 13.2 Å². The number of primary amides is 1. The second-order valence-corrected chi connectivity index (χ2v) is 8.09. The lowest BCUT2D eigenvalue weighted by Crippen LogP contribution is -2.31. The number of nitrogens with two attached hydrogens (primary N) is 1. The number of ether oxygens (including phenoxy) is 1. The molecule has 0 aliphatic carbocycles. The molecule has 0 heterocycles. The van der Waals surface area contributed by atoms with Crippen molar-refractivity contribution in [2.24, 2.45) is 5.73 Å². The lowest BCUT2D eigenvalue weighted by Gasteiger charge is -2.22. The molecule has 0 aromatic heterocycles. The number of carbonyl (C=O) groups is 2. The molecule has 0 radical (unpaired) electrons. The third kappa shape index (κ3) is 5.59. The van der Waals surface area contributed by atoms with Crippen molar-refractivity contribution in [3.05, 3.63) is 64.2 Å². The van der Waals surface area contributed by atoms with Gasteiger partial charge in [-0.2, -0.15) is 0 Å². The second-order valence-electron chi connectivity index (χ2n) is 8.09. The van der Waals surface area contributed by atoms with Crippen LogP contribution >= 0.6 is 0 Å². The van der Waals surface area contributed by atoms with Gasteiger partial charge in [-0.3, -0.25) is 9.59 Å². The SMILES string of the molecule is Cc1cc(C(C)(C)C)cc(C)c1CCNC(=O)COc1ccccc1C(N)=O. The van der Waals surface area contributed by atoms with Crippen molar-refractivity contribution in [1.29, 1.82) is 0 Å². The van der Waals surface area contributed by atoms with Crippen LogP contribution < -0.4 is 15.8 Å². The average molecular weight is 383 g/mol. The van der Waals surface area contributed by atoms with E-state index in [-0.39, 0.29) is 23.5 Å². The van der Waals surface area contributed by atoms with Crippen LogP contribution in [0.25, 0.3) is 0 Å². The van der Waals surface area contributed by atoms with Crippen LogP contribution in [0.2, 0.25) is 0 Å². The van der Waals surface area contributed by atoms with Gasteiger partial charge in [-0.1, -0.05) is 45.0 Å². The van der Waals surface area contributed by atoms with Gasteiger partial charge in [0.2, 0.25) is 0 Å². The van der Waals surface area contributed by atoms with E-state index in [0.29, 0.717) is 12.3 Å². The third-order valence-electron chi connectivity index (χ3n) is 4.77. The van der Waals surface area contributed by atoms with Gasteiger partial charge in [0.15, 0.2) is 6.61 Å². The molecule has 0 unspecified atom stereocenters. The predicted molar refractivity (Wildman–Crippen MR) is 112 cm³/mol. The molecule has 5 nitrogen and oxygen atoms in total. The Morgan fingerprint density at radius 1 is 1.07 bits per heavy atom. The van der Waals surface area contributed by atoms with Gasteiger partial charge in [0.25, 0.3) is 11.8 Å². The van der Waals surface area contributed by atoms with Crippen LogP contribution in [0.1, 0.15) is 53.4 Å². The monoisotopic (exact) mass is 382 g/mol. The maximum atomic E-state index is 12.1. The van der Waals surface area contributed by atoms with E-state index in [2.05, 4.69) is 52.1 Å². The molecule has 0 saturated carbocycles. The van der Waals surface area contributed by atoms with E-state index >= 15 is 0 Å². The van der Waals surface area contributed by atoms with E-state index < -0.39 is 5.91 Å². The van der Waals surface area contributed by atoms with Crippen LogP contribution in [0.3, 0.4) is 0 Å². The molecule has 0 spiro atoms. The predicted octanol–water partition coefficient (Wildman–Crippen LogP) is 3.44. The Hall–Kier alpha value is -2.82. The molecular formula is C23H30N2O3. The maximum absolute atomic E-state index is 12.1. The number of benzene rings is 2. The van der Waals surface area contributed by atoms with E-state index in [4.69, 9.17) is 10.5 Å². The fraction of sp³-hybridized carbons (Fsp3) is 0.391. The molecule has 150 valence electrons. The Labute approximate surface area is 167 Å². The zero-order valence-electron chi connectivity index (χ0n) is 17.4. The molecule has 0 bridgehead atoms. The quantitative estimate of drug-likeness (QED) is 0.770. The zero-order valence-corrected chi connectivity index (χ0v) is 17.4. The fourth-order valence-corrected chi connectivity index (χ4v) is 3.14. The minimum atomic E-state index is -0.583. The number of rotatable bonds is 7. The first-order valence-electron chi connectivity index (χ1n) is 9.48. The van der Waals surface area contributed by atoms with Gasteiger partial charge in [-0.05, 0) is 60.1 Å². The molecule has 28 heavy (non-hydrogen) atoms. The fourth-order valence-electron chi connectivity index (χ4n) is 3.14. The van der Waals surface area contributed by atoms with Crippen molar-refractivity contribution in [1.82, 2.24) is 5.32 Å². The summed E-state index contributed by atoms with van der Waals surface area (Å²) in [4.78, 5) is 23.5. The summed E-state index contributed by atoms with van der Waals surface area (Å²) in [5.74, 6) is -0.504. The zero-order chi connectivity index (χ0) is 20.9. The van der Waals surface area contributed by atoms with Crippen LogP contribution in [-0.4, -0.2) is 25.0 Å². The number of hydrogen-bond acceptors (Lipinski definition) is 3. The van der Waals surface area contributed by atoms with Crippen molar-refractivity contribution in [3.63, 3.8) is 0 Å². The van der Waals surface area contributed by atoms with E-state index in [1.807, 2.05) is 0 Å². The van der Waals surface area contributed by atoms with Gasteiger partial charge in [-0.15, -0.1) is 0 Å². The molecule has 2 rings (SSSR count). The Balaban J connectivity index is 1.90. The van der Waals surface area contributed by atoms with Gasteiger partial charge in [0.1, 0.15) is 5.75 Å². The summed E-state index contributed by atoms with van der Waals surface area (Å²) in [7, 11) is 0. The van der Waals surface area contributed by atoms with Gasteiger partial charge in [0.05, 0.1) is 5.56 Å². The second kappa shape index (κ2) is 8.91. The summed E-state index contributed by atoms with van der Waals surface area (Å²) in [5, 5.41) is 2.87. The van der Waals surface area contributed by atoms with Crippen LogP contribution in [0.5, 0.6) is 5.75 Å². The van der Waals surface area contributed by atoms with Crippen molar-refractivity contribution >= 4 is 11.8 Å². The summed E-state index contributed by atoms with van der Waals surface area (Å²) >= 11 is 0. The molecule has 0 aliphatic rings. The molecular weight excluding hydrogens is 352 g/mol. The molecule has 5 heteroatoms. The highest BCUT2D eigenvalue weighted by Crippen LogP contribution is 2.27. The summed E-state index contributed by atoms with van der Waals surface area (Å²) in [6.45, 7) is 11.2. The van der Waals surface area contributed by atoms with Crippen molar-refractivity contribution in [3.8, 4) is 5.75 Å². The van der Waals surface area contributed by atoms with Crippen molar-refractivity contribution < 1.29 is 14.3 Å². The number of carbonyl (C=O) groups excluding carboxylic acids is 2. The lowest BCUT2D eigenvalue weighted by molar-refractivity contribution is -0.123. The van der Waals surface area contributed by atoms with E-state index in [9.17, 15) is 9.59 Å². The summed E-state index contributed by atoms with van der Waals surface area (Å²) in [5.41, 5.74) is 10.7. The van der Waals surface area contributed by atoms with Gasteiger partial charge < -0.3 is 15.8 Å². The number of hydrogen-bond donors (Lipinski definition) is 2. The summed E-state index contributed by atoms with van der Waals surface area (Å²) in [6, 6.07) is 11.1. The largest absolute Gasteiger partial charge is 0.483 e. The maximum Gasteiger partial charge on any atom is 0.257 e. The van der Waals surface area contributed by atoms with Crippen molar-refractivity contribution in [2.45, 2.75) is 46.5 Å². The third-order valence-corrected chi connectivity index (χ3v) is 4.77. The molecule has 2 aromatic rings. The highest BCUT2D eigenvalue weighted by molar-refractivity contribution is 5.95. The highest BCUT2D eigenvalue weighted by atomic mass is 16.5. The molecule has 0 fully saturated rings. The van der Waals surface area contributed by atoms with E-state index in [1.54, 1.807) is 24.3 Å². The van der Waals surface area contributed by atoms with Gasteiger partial charge >= 0.3 is 0 Å². The molecule has 2 aromatic carbocycles. The topological polar surface area (TPSA) is 81.4 Å². The highest BCUT2D eigenvalue weighted by Gasteiger charge is 2.16. The minimum absolute atomic E-state index is 0.112. The first-order valence-corrected chi connectivity index (χ1v) is 9.48. The normalized spacial score (nSPS) is 11.2. The number of aryl methyl sites for hydroxylation is 2. The van der Waals surface area contributed by atoms with Gasteiger partial charge in [-0.25, -0.2) is 0 Å². The number of para-hydroxylation sites is 1. The Morgan fingerprint density at radius 2 is 1.68 bits per heavy atom. The first-order chi connectivity index (χ1) is 13.1. The van der Waals surface area contributed by atoms with Crippen LogP contribution in [0.15, 0.2) is 36.4 Å². The minimum Gasteiger partial charge on any atom is -0.483 e. The Bertz CT molecular complexity index is 843. The standard InChI is InChI=1S/C23H30N2O3/c1-15-12-17(23(3,4)5)13-16(2)18(15)10-11-25-21(26)14-28-20-9-7-6-8-19(20)22(24)27/h6-9,12-13H,10-11,14H2,1-5H3,(H2,24,27)(H,25,26). The molecule has 2 amide bonds. The Kier molecular flexibility index (Phi) is 6.84. The summed E-state index contributed by atoms with van der Waals surface area (Å²) in [6.07, 6.45) is 0.756. The first kappa shape index (κ1) is 21.5.